The molecule has 2 aromatic carbocycles. The molecule has 0 N–H and O–H groups in total. The van der Waals surface area contributed by atoms with Crippen molar-refractivity contribution in [3.8, 4) is 11.5 Å². The van der Waals surface area contributed by atoms with Crippen molar-refractivity contribution in [2.45, 2.75) is 23.8 Å². The smallest absolute Gasteiger partial charge is 0.339 e. The van der Waals surface area contributed by atoms with E-state index < -0.39 is 5.97 Å². The first kappa shape index (κ1) is 21.0. The van der Waals surface area contributed by atoms with Crippen LogP contribution in [-0.4, -0.2) is 50.4 Å². The third-order valence-electron chi connectivity index (χ3n) is 5.02. The molecule has 0 saturated carbocycles. The molecule has 1 atom stereocenters. The molecule has 154 valence electrons. The zero-order valence-corrected chi connectivity index (χ0v) is 17.7. The van der Waals surface area contributed by atoms with Crippen molar-refractivity contribution in [1.82, 2.24) is 4.90 Å². The average Bonchev–Trinajstić information content (AvgIpc) is 3.26. The van der Waals surface area contributed by atoms with Crippen LogP contribution in [0.25, 0.3) is 0 Å². The van der Waals surface area contributed by atoms with E-state index in [0.29, 0.717) is 23.6 Å². The summed E-state index contributed by atoms with van der Waals surface area (Å²) in [5, 5.41) is 0. The quantitative estimate of drug-likeness (QED) is 0.504. The number of likely N-dealkylation sites (tertiary alicyclic amines) is 1. The first-order chi connectivity index (χ1) is 14.1. The van der Waals surface area contributed by atoms with Crippen LogP contribution in [0.15, 0.2) is 47.4 Å². The van der Waals surface area contributed by atoms with Crippen LogP contribution < -0.4 is 9.47 Å². The lowest BCUT2D eigenvalue weighted by atomic mass is 10.0. The van der Waals surface area contributed by atoms with Crippen molar-refractivity contribution < 1.29 is 23.8 Å². The lowest BCUT2D eigenvalue weighted by Crippen LogP contribution is -2.34. The van der Waals surface area contributed by atoms with Gasteiger partial charge in [-0.2, -0.15) is 0 Å². The van der Waals surface area contributed by atoms with E-state index in [2.05, 4.69) is 0 Å². The van der Waals surface area contributed by atoms with Gasteiger partial charge in [0.1, 0.15) is 11.5 Å². The maximum atomic E-state index is 12.8. The Balaban J connectivity index is 1.71. The van der Waals surface area contributed by atoms with Gasteiger partial charge in [-0.05, 0) is 49.4 Å². The Kier molecular flexibility index (Phi) is 7.04. The van der Waals surface area contributed by atoms with Crippen molar-refractivity contribution in [2.24, 2.45) is 0 Å². The minimum Gasteiger partial charge on any atom is -0.497 e. The van der Waals surface area contributed by atoms with E-state index in [1.165, 1.54) is 11.8 Å². The minimum absolute atomic E-state index is 0.135. The minimum atomic E-state index is -0.488. The first-order valence-corrected chi connectivity index (χ1v) is 10.6. The van der Waals surface area contributed by atoms with Gasteiger partial charge in [-0.3, -0.25) is 4.79 Å². The van der Waals surface area contributed by atoms with Crippen molar-refractivity contribution in [2.75, 3.05) is 33.6 Å². The normalized spacial score (nSPS) is 15.8. The number of methoxy groups -OCH3 is 2. The van der Waals surface area contributed by atoms with Gasteiger partial charge >= 0.3 is 5.97 Å². The van der Waals surface area contributed by atoms with E-state index in [-0.39, 0.29) is 18.6 Å². The van der Waals surface area contributed by atoms with E-state index in [1.54, 1.807) is 31.3 Å². The number of carbonyl (C=O) groups is 2. The summed E-state index contributed by atoms with van der Waals surface area (Å²) in [6.45, 7) is 0.327. The molecule has 0 unspecified atom stereocenters. The molecule has 1 heterocycles. The van der Waals surface area contributed by atoms with E-state index in [4.69, 9.17) is 14.2 Å². The Morgan fingerprint density at radius 1 is 1.14 bits per heavy atom. The van der Waals surface area contributed by atoms with Crippen LogP contribution in [0.2, 0.25) is 0 Å². The molecule has 1 fully saturated rings. The van der Waals surface area contributed by atoms with Crippen molar-refractivity contribution in [3.63, 3.8) is 0 Å². The molecule has 0 radical (unpaired) electrons. The monoisotopic (exact) mass is 415 g/mol. The van der Waals surface area contributed by atoms with E-state index in [1.807, 2.05) is 36.6 Å². The fourth-order valence-corrected chi connectivity index (χ4v) is 4.18. The Morgan fingerprint density at radius 2 is 1.93 bits per heavy atom. The molecule has 1 aliphatic heterocycles. The predicted molar refractivity (Wildman–Crippen MR) is 112 cm³/mol. The van der Waals surface area contributed by atoms with Gasteiger partial charge in [0, 0.05) is 17.0 Å². The van der Waals surface area contributed by atoms with Crippen LogP contribution in [0.5, 0.6) is 11.5 Å². The van der Waals surface area contributed by atoms with E-state index >= 15 is 0 Å². The zero-order valence-electron chi connectivity index (χ0n) is 16.8. The Labute approximate surface area is 175 Å². The van der Waals surface area contributed by atoms with Crippen LogP contribution in [-0.2, 0) is 9.53 Å². The summed E-state index contributed by atoms with van der Waals surface area (Å²) in [7, 11) is 3.21. The van der Waals surface area contributed by atoms with Gasteiger partial charge in [0.2, 0.25) is 0 Å². The molecular formula is C22H25NO5S. The molecule has 29 heavy (non-hydrogen) atoms. The molecule has 0 spiro atoms. The summed E-state index contributed by atoms with van der Waals surface area (Å²) in [5.74, 6) is 0.715. The van der Waals surface area contributed by atoms with E-state index in [0.717, 1.165) is 23.3 Å². The number of hydrogen-bond acceptors (Lipinski definition) is 6. The molecule has 1 saturated heterocycles. The van der Waals surface area contributed by atoms with Gasteiger partial charge in [0.25, 0.3) is 5.91 Å². The summed E-state index contributed by atoms with van der Waals surface area (Å²) in [4.78, 5) is 27.9. The summed E-state index contributed by atoms with van der Waals surface area (Å²) < 4.78 is 16.1. The van der Waals surface area contributed by atoms with Gasteiger partial charge in [-0.1, -0.05) is 12.1 Å². The topological polar surface area (TPSA) is 65.1 Å². The molecular weight excluding hydrogens is 390 g/mol. The number of hydrogen-bond donors (Lipinski definition) is 0. The number of nitrogens with zero attached hydrogens (tertiary/aromatic N) is 1. The molecule has 6 nitrogen and oxygen atoms in total. The molecule has 3 rings (SSSR count). The van der Waals surface area contributed by atoms with Gasteiger partial charge in [-0.25, -0.2) is 4.79 Å². The first-order valence-electron chi connectivity index (χ1n) is 9.40. The third-order valence-corrected chi connectivity index (χ3v) is 5.82. The van der Waals surface area contributed by atoms with Crippen LogP contribution in [0.1, 0.15) is 34.8 Å². The number of ether oxygens (including phenoxy) is 3. The van der Waals surface area contributed by atoms with Crippen LogP contribution >= 0.6 is 11.8 Å². The lowest BCUT2D eigenvalue weighted by Gasteiger charge is -2.26. The fraction of sp³-hybridized carbons (Fsp3) is 0.364. The van der Waals surface area contributed by atoms with E-state index in [9.17, 15) is 9.59 Å². The SMILES string of the molecule is COc1ccc(OC)c([C@H]2CCCN2C(=O)COC(=O)c2ccccc2SC)c1. The molecule has 7 heteroatoms. The van der Waals surface area contributed by atoms with Crippen LogP contribution in [0.3, 0.4) is 0 Å². The fourth-order valence-electron chi connectivity index (χ4n) is 3.59. The number of thioether (sulfide) groups is 1. The second kappa shape index (κ2) is 9.69. The van der Waals surface area contributed by atoms with Gasteiger partial charge in [0.15, 0.2) is 6.61 Å². The summed E-state index contributed by atoms with van der Waals surface area (Å²) in [6.07, 6.45) is 3.59. The third kappa shape index (κ3) is 4.67. The predicted octanol–water partition coefficient (Wildman–Crippen LogP) is 3.95. The number of rotatable bonds is 7. The summed E-state index contributed by atoms with van der Waals surface area (Å²) in [5.41, 5.74) is 1.37. The standard InChI is InChI=1S/C22H25NO5S/c1-26-15-10-11-19(27-2)17(13-15)18-8-6-12-23(18)21(24)14-28-22(25)16-7-4-5-9-20(16)29-3/h4-5,7,9-11,13,18H,6,8,12,14H2,1-3H3/t18-/m1/s1. The molecule has 0 bridgehead atoms. The molecule has 0 aromatic heterocycles. The maximum Gasteiger partial charge on any atom is 0.339 e. The van der Waals surface area contributed by atoms with Gasteiger partial charge in [0.05, 0.1) is 25.8 Å². The Bertz CT molecular complexity index is 885. The van der Waals surface area contributed by atoms with Gasteiger partial charge < -0.3 is 19.1 Å². The van der Waals surface area contributed by atoms with Crippen molar-refractivity contribution in [3.05, 3.63) is 53.6 Å². The number of carbonyl (C=O) groups excluding carboxylic acids is 2. The van der Waals surface area contributed by atoms with Crippen LogP contribution in [0, 0.1) is 0 Å². The van der Waals surface area contributed by atoms with Crippen molar-refractivity contribution in [1.29, 1.82) is 0 Å². The molecule has 2 aromatic rings. The zero-order chi connectivity index (χ0) is 20.8. The number of benzene rings is 2. The molecule has 1 aliphatic rings. The highest BCUT2D eigenvalue weighted by Crippen LogP contribution is 2.39. The summed E-state index contributed by atoms with van der Waals surface area (Å²) in [6, 6.07) is 12.6. The largest absolute Gasteiger partial charge is 0.497 e. The van der Waals surface area contributed by atoms with Crippen molar-refractivity contribution >= 4 is 23.6 Å². The Hall–Kier alpha value is -2.67. The lowest BCUT2D eigenvalue weighted by molar-refractivity contribution is -0.135. The van der Waals surface area contributed by atoms with Crippen LogP contribution in [0.4, 0.5) is 0 Å². The second-order valence-electron chi connectivity index (χ2n) is 6.63. The maximum absolute atomic E-state index is 12.8. The highest BCUT2D eigenvalue weighted by atomic mass is 32.2. The average molecular weight is 416 g/mol. The highest BCUT2D eigenvalue weighted by molar-refractivity contribution is 7.98. The summed E-state index contributed by atoms with van der Waals surface area (Å²) >= 11 is 1.47. The highest BCUT2D eigenvalue weighted by Gasteiger charge is 2.32. The Morgan fingerprint density at radius 3 is 2.66 bits per heavy atom. The number of amides is 1. The second-order valence-corrected chi connectivity index (χ2v) is 7.48. The molecule has 0 aliphatic carbocycles. The molecule has 1 amide bonds. The van der Waals surface area contributed by atoms with Gasteiger partial charge in [-0.15, -0.1) is 11.8 Å². The number of esters is 1.